The number of likely N-dealkylation sites (N-methyl/N-ethyl adjacent to an activating group) is 1. The standard InChI is InChI=1S/C10H21N3O2/c1-8-7-12(2)4-3-5-13(8)9(6-11)10(14)15/h8-9H,3-7,11H2,1-2H3,(H,14,15). The molecule has 2 atom stereocenters. The van der Waals surface area contributed by atoms with Crippen LogP contribution >= 0.6 is 0 Å². The molecule has 1 rings (SSSR count). The fraction of sp³-hybridized carbons (Fsp3) is 0.900. The summed E-state index contributed by atoms with van der Waals surface area (Å²) in [5.41, 5.74) is 5.52. The van der Waals surface area contributed by atoms with Crippen molar-refractivity contribution < 1.29 is 9.90 Å². The van der Waals surface area contributed by atoms with Crippen molar-refractivity contribution >= 4 is 5.97 Å². The first kappa shape index (κ1) is 12.4. The number of carboxylic acids is 1. The largest absolute Gasteiger partial charge is 0.480 e. The van der Waals surface area contributed by atoms with Crippen LogP contribution in [0.1, 0.15) is 13.3 Å². The summed E-state index contributed by atoms with van der Waals surface area (Å²) in [6.07, 6.45) is 1.00. The Bertz CT molecular complexity index is 223. The quantitative estimate of drug-likeness (QED) is 0.659. The third kappa shape index (κ3) is 3.15. The van der Waals surface area contributed by atoms with E-state index >= 15 is 0 Å². The molecular weight excluding hydrogens is 194 g/mol. The summed E-state index contributed by atoms with van der Waals surface area (Å²) in [6, 6.07) is -0.284. The Labute approximate surface area is 90.8 Å². The van der Waals surface area contributed by atoms with Gasteiger partial charge in [0.1, 0.15) is 6.04 Å². The van der Waals surface area contributed by atoms with Crippen molar-refractivity contribution in [3.8, 4) is 0 Å². The summed E-state index contributed by atoms with van der Waals surface area (Å²) in [5, 5.41) is 9.07. The fourth-order valence-electron chi connectivity index (χ4n) is 2.23. The third-order valence-electron chi connectivity index (χ3n) is 3.01. The SMILES string of the molecule is CC1CN(C)CCCN1C(CN)C(=O)O. The molecule has 2 unspecified atom stereocenters. The van der Waals surface area contributed by atoms with Gasteiger partial charge >= 0.3 is 5.97 Å². The molecule has 0 aromatic rings. The van der Waals surface area contributed by atoms with Crippen LogP contribution in [0, 0.1) is 0 Å². The van der Waals surface area contributed by atoms with Gasteiger partial charge in [-0.1, -0.05) is 0 Å². The van der Waals surface area contributed by atoms with E-state index in [1.54, 1.807) is 0 Å². The van der Waals surface area contributed by atoms with Gasteiger partial charge in [0.05, 0.1) is 0 Å². The summed E-state index contributed by atoms with van der Waals surface area (Å²) in [6.45, 7) is 5.00. The van der Waals surface area contributed by atoms with E-state index in [0.29, 0.717) is 0 Å². The van der Waals surface area contributed by atoms with Crippen LogP contribution in [-0.2, 0) is 4.79 Å². The van der Waals surface area contributed by atoms with Crippen LogP contribution in [0.2, 0.25) is 0 Å². The lowest BCUT2D eigenvalue weighted by atomic mass is 10.1. The van der Waals surface area contributed by atoms with E-state index in [9.17, 15) is 4.79 Å². The summed E-state index contributed by atoms with van der Waals surface area (Å²) >= 11 is 0. The molecule has 5 heteroatoms. The smallest absolute Gasteiger partial charge is 0.322 e. The zero-order chi connectivity index (χ0) is 11.4. The molecule has 1 saturated heterocycles. The Morgan fingerprint density at radius 2 is 2.27 bits per heavy atom. The van der Waals surface area contributed by atoms with Crippen LogP contribution in [0.3, 0.4) is 0 Å². The summed E-state index contributed by atoms with van der Waals surface area (Å²) in [4.78, 5) is 15.3. The maximum atomic E-state index is 11.0. The molecule has 1 aliphatic heterocycles. The highest BCUT2D eigenvalue weighted by molar-refractivity contribution is 5.73. The Morgan fingerprint density at radius 3 is 2.80 bits per heavy atom. The van der Waals surface area contributed by atoms with Crippen LogP contribution in [0.25, 0.3) is 0 Å². The number of aliphatic carboxylic acids is 1. The van der Waals surface area contributed by atoms with E-state index < -0.39 is 12.0 Å². The van der Waals surface area contributed by atoms with Crippen molar-refractivity contribution in [2.45, 2.75) is 25.4 Å². The molecule has 1 heterocycles. The first-order chi connectivity index (χ1) is 7.06. The molecule has 1 fully saturated rings. The first-order valence-electron chi connectivity index (χ1n) is 5.43. The van der Waals surface area contributed by atoms with Gasteiger partial charge in [0.15, 0.2) is 0 Å². The maximum Gasteiger partial charge on any atom is 0.322 e. The van der Waals surface area contributed by atoms with Crippen molar-refractivity contribution in [1.82, 2.24) is 9.80 Å². The number of rotatable bonds is 3. The van der Waals surface area contributed by atoms with Crippen molar-refractivity contribution in [3.05, 3.63) is 0 Å². The molecule has 5 nitrogen and oxygen atoms in total. The van der Waals surface area contributed by atoms with Gasteiger partial charge in [-0.3, -0.25) is 9.69 Å². The second kappa shape index (κ2) is 5.44. The molecule has 88 valence electrons. The van der Waals surface area contributed by atoms with Gasteiger partial charge in [0.2, 0.25) is 0 Å². The van der Waals surface area contributed by atoms with E-state index in [1.165, 1.54) is 0 Å². The highest BCUT2D eigenvalue weighted by atomic mass is 16.4. The average Bonchev–Trinajstić information content (AvgIpc) is 2.29. The molecule has 1 aliphatic rings. The minimum absolute atomic E-state index is 0.184. The molecule has 0 aliphatic carbocycles. The highest BCUT2D eigenvalue weighted by Gasteiger charge is 2.29. The Hall–Kier alpha value is -0.650. The molecular formula is C10H21N3O2. The Balaban J connectivity index is 2.69. The minimum Gasteiger partial charge on any atom is -0.480 e. The molecule has 0 spiro atoms. The highest BCUT2D eigenvalue weighted by Crippen LogP contribution is 2.12. The number of carbonyl (C=O) groups is 1. The van der Waals surface area contributed by atoms with Gasteiger partial charge in [-0.25, -0.2) is 0 Å². The number of hydrogen-bond acceptors (Lipinski definition) is 4. The zero-order valence-electron chi connectivity index (χ0n) is 9.52. The van der Waals surface area contributed by atoms with Gasteiger partial charge in [-0.05, 0) is 26.9 Å². The second-order valence-corrected chi connectivity index (χ2v) is 4.29. The summed E-state index contributed by atoms with van der Waals surface area (Å²) < 4.78 is 0. The normalized spacial score (nSPS) is 27.3. The van der Waals surface area contributed by atoms with Crippen molar-refractivity contribution in [1.29, 1.82) is 0 Å². The molecule has 0 aromatic heterocycles. The van der Waals surface area contributed by atoms with E-state index in [-0.39, 0.29) is 12.6 Å². The van der Waals surface area contributed by atoms with Crippen LogP contribution in [0.15, 0.2) is 0 Å². The van der Waals surface area contributed by atoms with Gasteiger partial charge in [0, 0.05) is 25.7 Å². The third-order valence-corrected chi connectivity index (χ3v) is 3.01. The lowest BCUT2D eigenvalue weighted by Gasteiger charge is -2.32. The molecule has 0 aromatic carbocycles. The molecule has 15 heavy (non-hydrogen) atoms. The molecule has 0 saturated carbocycles. The Morgan fingerprint density at radius 1 is 1.60 bits per heavy atom. The van der Waals surface area contributed by atoms with Crippen LogP contribution in [0.4, 0.5) is 0 Å². The summed E-state index contributed by atoms with van der Waals surface area (Å²) in [7, 11) is 2.07. The number of carboxylic acid groups (broad SMARTS) is 1. The topological polar surface area (TPSA) is 69.8 Å². The van der Waals surface area contributed by atoms with E-state index in [0.717, 1.165) is 26.1 Å². The van der Waals surface area contributed by atoms with Gasteiger partial charge < -0.3 is 15.7 Å². The van der Waals surface area contributed by atoms with Crippen LogP contribution in [-0.4, -0.2) is 66.2 Å². The van der Waals surface area contributed by atoms with Crippen molar-refractivity contribution in [3.63, 3.8) is 0 Å². The average molecular weight is 215 g/mol. The van der Waals surface area contributed by atoms with E-state index in [2.05, 4.69) is 18.9 Å². The number of hydrogen-bond donors (Lipinski definition) is 2. The molecule has 0 amide bonds. The monoisotopic (exact) mass is 215 g/mol. The van der Waals surface area contributed by atoms with Crippen LogP contribution < -0.4 is 5.73 Å². The number of nitrogens with zero attached hydrogens (tertiary/aromatic N) is 2. The fourth-order valence-corrected chi connectivity index (χ4v) is 2.23. The van der Waals surface area contributed by atoms with Crippen LogP contribution in [0.5, 0.6) is 0 Å². The van der Waals surface area contributed by atoms with E-state index in [1.807, 2.05) is 4.90 Å². The lowest BCUT2D eigenvalue weighted by Crippen LogP contribution is -2.51. The molecule has 0 bridgehead atoms. The zero-order valence-corrected chi connectivity index (χ0v) is 9.52. The predicted molar refractivity (Wildman–Crippen MR) is 58.8 cm³/mol. The Kier molecular flexibility index (Phi) is 4.50. The lowest BCUT2D eigenvalue weighted by molar-refractivity contribution is -0.143. The summed E-state index contributed by atoms with van der Waals surface area (Å²) in [5.74, 6) is -0.811. The minimum atomic E-state index is -0.811. The molecule has 0 radical (unpaired) electrons. The van der Waals surface area contributed by atoms with Gasteiger partial charge in [0.25, 0.3) is 0 Å². The number of nitrogens with two attached hydrogens (primary N) is 1. The van der Waals surface area contributed by atoms with Gasteiger partial charge in [-0.15, -0.1) is 0 Å². The predicted octanol–water partition coefficient (Wildman–Crippen LogP) is -0.576. The maximum absolute atomic E-state index is 11.0. The van der Waals surface area contributed by atoms with Crippen molar-refractivity contribution in [2.24, 2.45) is 5.73 Å². The molecule has 3 N–H and O–H groups in total. The van der Waals surface area contributed by atoms with E-state index in [4.69, 9.17) is 10.8 Å². The first-order valence-corrected chi connectivity index (χ1v) is 5.43. The van der Waals surface area contributed by atoms with Crippen molar-refractivity contribution in [2.75, 3.05) is 33.2 Å². The van der Waals surface area contributed by atoms with Gasteiger partial charge in [-0.2, -0.15) is 0 Å². The second-order valence-electron chi connectivity index (χ2n) is 4.29.